The molecule has 0 fully saturated rings. The predicted molar refractivity (Wildman–Crippen MR) is 165 cm³/mol. The topological polar surface area (TPSA) is 125 Å². The number of rotatable bonds is 8. The number of esters is 2. The highest BCUT2D eigenvalue weighted by Crippen LogP contribution is 2.38. The van der Waals surface area contributed by atoms with Gasteiger partial charge >= 0.3 is 11.9 Å². The molecule has 0 unspecified atom stereocenters. The number of hydrogen-bond acceptors (Lipinski definition) is 9. The van der Waals surface area contributed by atoms with Gasteiger partial charge in [-0.15, -0.1) is 12.6 Å². The first-order valence-electron chi connectivity index (χ1n) is 13.0. The van der Waals surface area contributed by atoms with Gasteiger partial charge in [-0.1, -0.05) is 36.4 Å². The average molecular weight is 619 g/mol. The molecule has 0 atom stereocenters. The molecule has 3 rings (SSSR count). The summed E-state index contributed by atoms with van der Waals surface area (Å²) in [5.41, 5.74) is 2.45. The van der Waals surface area contributed by atoms with E-state index in [0.717, 1.165) is 27.1 Å². The van der Waals surface area contributed by atoms with Crippen LogP contribution in [0.15, 0.2) is 71.6 Å². The fraction of sp³-hybridized carbons (Fsp3) is 0.355. The molecule has 0 radical (unpaired) electrons. The highest BCUT2D eigenvalue weighted by atomic mass is 32.2. The molecule has 9 nitrogen and oxygen atoms in total. The van der Waals surface area contributed by atoms with Crippen molar-refractivity contribution in [2.45, 2.75) is 57.6 Å². The lowest BCUT2D eigenvalue weighted by atomic mass is 9.94. The zero-order valence-electron chi connectivity index (χ0n) is 24.8. The minimum Gasteiger partial charge on any atom is -0.482 e. The van der Waals surface area contributed by atoms with Crippen molar-refractivity contribution in [2.24, 2.45) is 0 Å². The zero-order chi connectivity index (χ0) is 31.7. The highest BCUT2D eigenvalue weighted by Gasteiger charge is 2.18. The van der Waals surface area contributed by atoms with Crippen molar-refractivity contribution in [2.75, 3.05) is 19.5 Å². The van der Waals surface area contributed by atoms with Crippen LogP contribution >= 0.6 is 12.6 Å². The molecular weight excluding hydrogens is 580 g/mol. The van der Waals surface area contributed by atoms with Gasteiger partial charge in [-0.3, -0.25) is 4.55 Å². The first-order chi connectivity index (χ1) is 19.3. The third-order valence-electron chi connectivity index (χ3n) is 4.86. The van der Waals surface area contributed by atoms with E-state index in [1.54, 1.807) is 12.1 Å². The summed E-state index contributed by atoms with van der Waals surface area (Å²) in [6.07, 6.45) is 0.715. The Morgan fingerprint density at radius 3 is 1.60 bits per heavy atom. The maximum absolute atomic E-state index is 12.1. The molecule has 0 heterocycles. The molecule has 42 heavy (non-hydrogen) atoms. The summed E-state index contributed by atoms with van der Waals surface area (Å²) < 4.78 is 47.9. The van der Waals surface area contributed by atoms with E-state index >= 15 is 0 Å². The van der Waals surface area contributed by atoms with Crippen LogP contribution in [0, 0.1) is 0 Å². The second kappa shape index (κ2) is 14.6. The molecule has 0 aliphatic rings. The van der Waals surface area contributed by atoms with Crippen LogP contribution in [0.1, 0.15) is 41.5 Å². The maximum atomic E-state index is 12.1. The minimum absolute atomic E-state index is 0.183. The Labute approximate surface area is 253 Å². The number of ether oxygens (including phenoxy) is 4. The standard InChI is InChI=1S/C30H34O6S.CH4O3S/c1-29(2,3)35-26(31)18-33-22-12-7-10-20(16-22)24-14-9-15-25(37)28(24)21-11-8-13-23(17-21)34-19-27(32)36-30(4,5)6;1-5(2,3)4/h7-17,37H,18-19H2,1-6H3;1H3,(H,2,3,4). The number of benzene rings is 3. The van der Waals surface area contributed by atoms with Crippen molar-refractivity contribution in [1.82, 2.24) is 0 Å². The largest absolute Gasteiger partial charge is 0.482 e. The molecule has 0 aliphatic heterocycles. The van der Waals surface area contributed by atoms with Gasteiger partial charge < -0.3 is 18.9 Å². The third-order valence-corrected chi connectivity index (χ3v) is 5.24. The summed E-state index contributed by atoms with van der Waals surface area (Å²) in [6, 6.07) is 20.8. The Kier molecular flexibility index (Phi) is 12.0. The van der Waals surface area contributed by atoms with E-state index in [4.69, 9.17) is 36.1 Å². The molecule has 0 saturated heterocycles. The lowest BCUT2D eigenvalue weighted by molar-refractivity contribution is -0.158. The summed E-state index contributed by atoms with van der Waals surface area (Å²) in [6.45, 7) is 10.5. The molecule has 1 N–H and O–H groups in total. The van der Waals surface area contributed by atoms with Crippen LogP contribution in [0.4, 0.5) is 0 Å². The Morgan fingerprint density at radius 1 is 0.738 bits per heavy atom. The van der Waals surface area contributed by atoms with E-state index in [2.05, 4.69) is 0 Å². The van der Waals surface area contributed by atoms with Gasteiger partial charge in [-0.05, 0) is 88.6 Å². The smallest absolute Gasteiger partial charge is 0.344 e. The predicted octanol–water partition coefficient (Wildman–Crippen LogP) is 6.25. The zero-order valence-corrected chi connectivity index (χ0v) is 26.5. The van der Waals surface area contributed by atoms with Crippen molar-refractivity contribution in [3.05, 3.63) is 66.7 Å². The fourth-order valence-electron chi connectivity index (χ4n) is 3.61. The van der Waals surface area contributed by atoms with E-state index in [1.165, 1.54) is 0 Å². The van der Waals surface area contributed by atoms with Gasteiger partial charge in [-0.2, -0.15) is 8.42 Å². The number of carbonyl (C=O) groups excluding carboxylic acids is 2. The van der Waals surface area contributed by atoms with Crippen molar-refractivity contribution in [3.63, 3.8) is 0 Å². The van der Waals surface area contributed by atoms with Crippen LogP contribution in [-0.4, -0.2) is 55.6 Å². The Bertz CT molecular complexity index is 1480. The summed E-state index contributed by atoms with van der Waals surface area (Å²) in [4.78, 5) is 24.9. The maximum Gasteiger partial charge on any atom is 0.344 e. The molecule has 3 aromatic rings. The normalized spacial score (nSPS) is 11.5. The SMILES string of the molecule is CC(C)(C)OC(=O)COc1cccc(-c2cccc(S)c2-c2cccc(OCC(=O)OC(C)(C)C)c2)c1.CS(=O)(=O)O. The van der Waals surface area contributed by atoms with Crippen molar-refractivity contribution < 1.29 is 41.5 Å². The van der Waals surface area contributed by atoms with Crippen LogP contribution < -0.4 is 9.47 Å². The number of thiol groups is 1. The highest BCUT2D eigenvalue weighted by molar-refractivity contribution is 7.85. The molecular formula is C31H38O9S2. The van der Waals surface area contributed by atoms with Gasteiger partial charge in [0, 0.05) is 10.5 Å². The lowest BCUT2D eigenvalue weighted by Crippen LogP contribution is -2.27. The van der Waals surface area contributed by atoms with Crippen LogP contribution in [0.5, 0.6) is 11.5 Å². The summed E-state index contributed by atoms with van der Waals surface area (Å²) in [5, 5.41) is 0. The first kappa shape index (κ1) is 34.7. The van der Waals surface area contributed by atoms with Crippen LogP contribution in [0.2, 0.25) is 0 Å². The van der Waals surface area contributed by atoms with Crippen LogP contribution in [0.25, 0.3) is 22.3 Å². The molecule has 228 valence electrons. The van der Waals surface area contributed by atoms with E-state index in [0.29, 0.717) is 17.8 Å². The molecule has 0 aliphatic carbocycles. The molecule has 0 aromatic heterocycles. The molecule has 0 amide bonds. The molecule has 3 aromatic carbocycles. The minimum atomic E-state index is -3.67. The van der Waals surface area contributed by atoms with Crippen LogP contribution in [-0.2, 0) is 29.2 Å². The Balaban J connectivity index is 0.00000113. The van der Waals surface area contributed by atoms with Crippen molar-refractivity contribution >= 4 is 34.7 Å². The Hall–Kier alpha value is -3.54. The average Bonchev–Trinajstić information content (AvgIpc) is 2.83. The second-order valence-electron chi connectivity index (χ2n) is 11.2. The first-order valence-corrected chi connectivity index (χ1v) is 15.2. The van der Waals surface area contributed by atoms with E-state index in [1.807, 2.05) is 96.1 Å². The molecule has 11 heteroatoms. The van der Waals surface area contributed by atoms with E-state index in [-0.39, 0.29) is 13.2 Å². The summed E-state index contributed by atoms with van der Waals surface area (Å²) >= 11 is 4.72. The van der Waals surface area contributed by atoms with Crippen molar-refractivity contribution in [1.29, 1.82) is 0 Å². The Morgan fingerprint density at radius 2 is 1.14 bits per heavy atom. The molecule has 0 bridgehead atoms. The van der Waals surface area contributed by atoms with E-state index in [9.17, 15) is 18.0 Å². The quantitative estimate of drug-likeness (QED) is 0.171. The van der Waals surface area contributed by atoms with Gasteiger partial charge in [0.2, 0.25) is 0 Å². The van der Waals surface area contributed by atoms with Gasteiger partial charge in [-0.25, -0.2) is 9.59 Å². The summed E-state index contributed by atoms with van der Waals surface area (Å²) in [5.74, 6) is 0.226. The monoisotopic (exact) mass is 618 g/mol. The lowest BCUT2D eigenvalue weighted by Gasteiger charge is -2.20. The summed E-state index contributed by atoms with van der Waals surface area (Å²) in [7, 11) is -3.67. The van der Waals surface area contributed by atoms with Gasteiger partial charge in [0.25, 0.3) is 10.1 Å². The van der Waals surface area contributed by atoms with Gasteiger partial charge in [0.05, 0.1) is 6.26 Å². The number of carbonyl (C=O) groups is 2. The fourth-order valence-corrected chi connectivity index (χ4v) is 3.94. The second-order valence-corrected chi connectivity index (χ2v) is 13.2. The molecule has 0 saturated carbocycles. The van der Waals surface area contributed by atoms with Crippen LogP contribution in [0.3, 0.4) is 0 Å². The van der Waals surface area contributed by atoms with Gasteiger partial charge in [0.15, 0.2) is 13.2 Å². The molecule has 0 spiro atoms. The number of hydrogen-bond donors (Lipinski definition) is 2. The van der Waals surface area contributed by atoms with Crippen molar-refractivity contribution in [3.8, 4) is 33.8 Å². The van der Waals surface area contributed by atoms with Gasteiger partial charge in [0.1, 0.15) is 22.7 Å². The van der Waals surface area contributed by atoms with E-state index < -0.39 is 33.3 Å². The third kappa shape index (κ3) is 13.4.